The van der Waals surface area contributed by atoms with Crippen molar-refractivity contribution in [3.05, 3.63) is 41.8 Å². The van der Waals surface area contributed by atoms with E-state index in [0.29, 0.717) is 18.2 Å². The highest BCUT2D eigenvalue weighted by Gasteiger charge is 2.41. The van der Waals surface area contributed by atoms with Gasteiger partial charge in [-0.3, -0.25) is 4.79 Å². The lowest BCUT2D eigenvalue weighted by atomic mass is 10.1. The van der Waals surface area contributed by atoms with Crippen LogP contribution >= 0.6 is 22.7 Å². The number of thiophene rings is 1. The lowest BCUT2D eigenvalue weighted by Crippen LogP contribution is -2.33. The summed E-state index contributed by atoms with van der Waals surface area (Å²) in [6.45, 7) is -0.286. The number of carbonyl (C=O) groups is 1. The van der Waals surface area contributed by atoms with Crippen molar-refractivity contribution in [3.8, 4) is 21.1 Å². The van der Waals surface area contributed by atoms with E-state index in [9.17, 15) is 15.0 Å². The van der Waals surface area contributed by atoms with Gasteiger partial charge in [-0.2, -0.15) is 4.98 Å². The molecule has 33 heavy (non-hydrogen) atoms. The standard InChI is InChI=1S/C23H23N5O3S2/c1-28(2)23-26-18(16-8-5-9-32-16)17(22-25-13-6-3-4-7-15(13)33-22)21(27-23)24-14-10-12(11-29)19(30)20(14)31/h3-9,12,14,20,29,31H,10-11H2,1-2H3,(H,24,26,27). The van der Waals surface area contributed by atoms with E-state index in [1.165, 1.54) is 0 Å². The number of benzene rings is 1. The van der Waals surface area contributed by atoms with E-state index < -0.39 is 18.1 Å². The largest absolute Gasteiger partial charge is 0.396 e. The van der Waals surface area contributed by atoms with Crippen molar-refractivity contribution >= 4 is 50.4 Å². The number of hydrogen-bond donors (Lipinski definition) is 3. The fourth-order valence-corrected chi connectivity index (χ4v) is 5.73. The van der Waals surface area contributed by atoms with Gasteiger partial charge in [0.1, 0.15) is 16.9 Å². The minimum atomic E-state index is -1.21. The molecule has 3 atom stereocenters. The summed E-state index contributed by atoms with van der Waals surface area (Å²) in [6, 6.07) is 11.3. The summed E-state index contributed by atoms with van der Waals surface area (Å²) < 4.78 is 1.05. The molecule has 4 aromatic rings. The van der Waals surface area contributed by atoms with Gasteiger partial charge in [0.05, 0.1) is 39.0 Å². The summed E-state index contributed by atoms with van der Waals surface area (Å²) in [5, 5.41) is 26.1. The van der Waals surface area contributed by atoms with E-state index in [1.807, 2.05) is 60.8 Å². The van der Waals surface area contributed by atoms with Crippen molar-refractivity contribution in [1.29, 1.82) is 0 Å². The zero-order chi connectivity index (χ0) is 23.1. The van der Waals surface area contributed by atoms with Crippen LogP contribution in [-0.4, -0.2) is 63.8 Å². The minimum Gasteiger partial charge on any atom is -0.396 e. The maximum absolute atomic E-state index is 12.3. The van der Waals surface area contributed by atoms with Gasteiger partial charge in [0.2, 0.25) is 5.95 Å². The van der Waals surface area contributed by atoms with Crippen molar-refractivity contribution in [2.75, 3.05) is 30.9 Å². The molecule has 1 aliphatic rings. The summed E-state index contributed by atoms with van der Waals surface area (Å²) in [6.07, 6.45) is -0.890. The first-order valence-corrected chi connectivity index (χ1v) is 12.2. The second-order valence-electron chi connectivity index (χ2n) is 8.17. The lowest BCUT2D eigenvalue weighted by Gasteiger charge is -2.21. The van der Waals surface area contributed by atoms with E-state index in [4.69, 9.17) is 15.0 Å². The number of para-hydroxylation sites is 1. The average molecular weight is 482 g/mol. The molecule has 0 bridgehead atoms. The maximum atomic E-state index is 12.3. The zero-order valence-corrected chi connectivity index (χ0v) is 19.7. The molecule has 3 unspecified atom stereocenters. The van der Waals surface area contributed by atoms with Crippen molar-refractivity contribution in [2.24, 2.45) is 5.92 Å². The molecule has 3 aromatic heterocycles. The van der Waals surface area contributed by atoms with Crippen LogP contribution in [0.3, 0.4) is 0 Å². The normalized spacial score (nSPS) is 20.5. The molecule has 10 heteroatoms. The minimum absolute atomic E-state index is 0.286. The van der Waals surface area contributed by atoms with Crippen LogP contribution in [0, 0.1) is 5.92 Å². The SMILES string of the molecule is CN(C)c1nc(NC2CC(CO)C(=O)C2O)c(-c2nc3ccccc3s2)c(-c2cccs2)n1. The smallest absolute Gasteiger partial charge is 0.227 e. The fourth-order valence-electron chi connectivity index (χ4n) is 4.00. The van der Waals surface area contributed by atoms with Crippen molar-refractivity contribution in [2.45, 2.75) is 18.6 Å². The van der Waals surface area contributed by atoms with Crippen molar-refractivity contribution < 1.29 is 15.0 Å². The third kappa shape index (κ3) is 3.99. The van der Waals surface area contributed by atoms with Gasteiger partial charge in [0, 0.05) is 20.0 Å². The molecule has 3 heterocycles. The maximum Gasteiger partial charge on any atom is 0.227 e. The van der Waals surface area contributed by atoms with Gasteiger partial charge in [-0.05, 0) is 30.0 Å². The van der Waals surface area contributed by atoms with Gasteiger partial charge in [-0.15, -0.1) is 22.7 Å². The quantitative estimate of drug-likeness (QED) is 0.385. The molecule has 1 saturated carbocycles. The molecule has 0 radical (unpaired) electrons. The number of rotatable bonds is 6. The number of Topliss-reactive ketones (excluding diaryl/α,β-unsaturated/α-hetero) is 1. The molecule has 170 valence electrons. The molecular weight excluding hydrogens is 458 g/mol. The number of aliphatic hydroxyl groups is 2. The number of aliphatic hydroxyl groups excluding tert-OH is 2. The first-order valence-electron chi connectivity index (χ1n) is 10.5. The summed E-state index contributed by atoms with van der Waals surface area (Å²) in [5.74, 6) is 0.0714. The highest BCUT2D eigenvalue weighted by atomic mass is 32.1. The van der Waals surface area contributed by atoms with E-state index in [2.05, 4.69) is 5.32 Å². The van der Waals surface area contributed by atoms with E-state index in [-0.39, 0.29) is 12.4 Å². The van der Waals surface area contributed by atoms with Gasteiger partial charge in [-0.25, -0.2) is 9.97 Å². The van der Waals surface area contributed by atoms with Crippen LogP contribution in [0.4, 0.5) is 11.8 Å². The summed E-state index contributed by atoms with van der Waals surface area (Å²) in [5.41, 5.74) is 2.35. The number of fused-ring (bicyclic) bond motifs is 1. The predicted molar refractivity (Wildman–Crippen MR) is 132 cm³/mol. The van der Waals surface area contributed by atoms with Crippen molar-refractivity contribution in [3.63, 3.8) is 0 Å². The Labute approximate surface area is 198 Å². The summed E-state index contributed by atoms with van der Waals surface area (Å²) in [7, 11) is 3.73. The molecule has 1 aliphatic carbocycles. The number of anilines is 2. The Morgan fingerprint density at radius 2 is 1.97 bits per heavy atom. The third-order valence-corrected chi connectivity index (χ3v) is 7.65. The predicted octanol–water partition coefficient (Wildman–Crippen LogP) is 3.27. The molecule has 0 aliphatic heterocycles. The van der Waals surface area contributed by atoms with E-state index >= 15 is 0 Å². The first kappa shape index (κ1) is 21.9. The Bertz CT molecular complexity index is 1270. The van der Waals surface area contributed by atoms with Crippen LogP contribution in [0.5, 0.6) is 0 Å². The monoisotopic (exact) mass is 481 g/mol. The molecule has 0 amide bonds. The molecule has 0 spiro atoms. The Kier molecular flexibility index (Phi) is 5.83. The number of carbonyl (C=O) groups excluding carboxylic acids is 1. The highest BCUT2D eigenvalue weighted by Crippen LogP contribution is 2.42. The second kappa shape index (κ2) is 8.79. The molecule has 3 N–H and O–H groups in total. The number of thiazole rings is 1. The van der Waals surface area contributed by atoms with Gasteiger partial charge < -0.3 is 20.4 Å². The van der Waals surface area contributed by atoms with Gasteiger partial charge >= 0.3 is 0 Å². The van der Waals surface area contributed by atoms with Crippen LogP contribution in [0.1, 0.15) is 6.42 Å². The van der Waals surface area contributed by atoms with Crippen LogP contribution in [0.25, 0.3) is 31.4 Å². The Balaban J connectivity index is 1.70. The summed E-state index contributed by atoms with van der Waals surface area (Å²) >= 11 is 3.12. The average Bonchev–Trinajstić information content (AvgIpc) is 3.54. The number of aromatic nitrogens is 3. The number of hydrogen-bond acceptors (Lipinski definition) is 10. The lowest BCUT2D eigenvalue weighted by molar-refractivity contribution is -0.128. The van der Waals surface area contributed by atoms with E-state index in [0.717, 1.165) is 31.4 Å². The van der Waals surface area contributed by atoms with Gasteiger partial charge in [-0.1, -0.05) is 18.2 Å². The van der Waals surface area contributed by atoms with Gasteiger partial charge in [0.15, 0.2) is 5.78 Å². The first-order chi connectivity index (χ1) is 16.0. The number of nitrogens with zero attached hydrogens (tertiary/aromatic N) is 4. The molecule has 5 rings (SSSR count). The molecule has 1 fully saturated rings. The highest BCUT2D eigenvalue weighted by molar-refractivity contribution is 7.21. The van der Waals surface area contributed by atoms with E-state index in [1.54, 1.807) is 22.7 Å². The van der Waals surface area contributed by atoms with Crippen LogP contribution < -0.4 is 10.2 Å². The number of ketones is 1. The van der Waals surface area contributed by atoms with Crippen LogP contribution in [-0.2, 0) is 4.79 Å². The number of nitrogens with one attached hydrogen (secondary N) is 1. The molecule has 8 nitrogen and oxygen atoms in total. The zero-order valence-electron chi connectivity index (χ0n) is 18.1. The summed E-state index contributed by atoms with van der Waals surface area (Å²) in [4.78, 5) is 29.6. The molecule has 1 aromatic carbocycles. The van der Waals surface area contributed by atoms with Crippen molar-refractivity contribution in [1.82, 2.24) is 15.0 Å². The Morgan fingerprint density at radius 3 is 2.64 bits per heavy atom. The second-order valence-corrected chi connectivity index (χ2v) is 10.1. The topological polar surface area (TPSA) is 111 Å². The fraction of sp³-hybridized carbons (Fsp3) is 0.304. The Morgan fingerprint density at radius 1 is 1.15 bits per heavy atom. The third-order valence-electron chi connectivity index (χ3n) is 5.72. The van der Waals surface area contributed by atoms with Gasteiger partial charge in [0.25, 0.3) is 0 Å². The Hall–Kier alpha value is -2.92. The molecule has 0 saturated heterocycles. The van der Waals surface area contributed by atoms with Crippen LogP contribution in [0.2, 0.25) is 0 Å². The molecular formula is C23H23N5O3S2. The van der Waals surface area contributed by atoms with Crippen LogP contribution in [0.15, 0.2) is 41.8 Å².